The van der Waals surface area contributed by atoms with Crippen LogP contribution in [0.5, 0.6) is 5.75 Å². The minimum atomic E-state index is -0.915. The average Bonchev–Trinajstić information content (AvgIpc) is 3.27. The second kappa shape index (κ2) is 11.1. The zero-order chi connectivity index (χ0) is 22.2. The molecule has 8 nitrogen and oxygen atoms in total. The van der Waals surface area contributed by atoms with Crippen LogP contribution in [0.15, 0.2) is 24.3 Å². The van der Waals surface area contributed by atoms with Crippen LogP contribution in [-0.4, -0.2) is 67.7 Å². The molecule has 31 heavy (non-hydrogen) atoms. The Morgan fingerprint density at radius 2 is 2.10 bits per heavy atom. The molecule has 0 bridgehead atoms. The van der Waals surface area contributed by atoms with Crippen molar-refractivity contribution >= 4 is 17.8 Å². The fourth-order valence-corrected chi connectivity index (χ4v) is 3.67. The van der Waals surface area contributed by atoms with Crippen LogP contribution in [0, 0.1) is 5.92 Å². The molecule has 0 saturated carbocycles. The number of hydrogen-bond acceptors (Lipinski definition) is 6. The van der Waals surface area contributed by atoms with Gasteiger partial charge in [0.25, 0.3) is 5.91 Å². The lowest BCUT2D eigenvalue weighted by molar-refractivity contribution is -0.150. The summed E-state index contributed by atoms with van der Waals surface area (Å²) in [6.45, 7) is 6.21. The first kappa shape index (κ1) is 23.1. The largest absolute Gasteiger partial charge is 0.493 e. The average molecular weight is 433 g/mol. The highest BCUT2D eigenvalue weighted by molar-refractivity contribution is 6.01. The van der Waals surface area contributed by atoms with Gasteiger partial charge in [-0.25, -0.2) is 0 Å². The first-order valence-corrected chi connectivity index (χ1v) is 11.0. The molecule has 0 aromatic heterocycles. The Kier molecular flexibility index (Phi) is 8.28. The van der Waals surface area contributed by atoms with Crippen LogP contribution in [0.25, 0.3) is 0 Å². The molecule has 2 aliphatic rings. The molecule has 0 aliphatic carbocycles. The summed E-state index contributed by atoms with van der Waals surface area (Å²) in [5.74, 6) is -0.229. The number of rotatable bonds is 9. The molecule has 2 heterocycles. The molecule has 2 saturated heterocycles. The van der Waals surface area contributed by atoms with Crippen LogP contribution >= 0.6 is 0 Å². The molecule has 0 radical (unpaired) electrons. The highest BCUT2D eigenvalue weighted by Crippen LogP contribution is 2.23. The minimum absolute atomic E-state index is 0.0864. The van der Waals surface area contributed by atoms with Crippen LogP contribution in [0.3, 0.4) is 0 Å². The molecule has 8 heteroatoms. The van der Waals surface area contributed by atoms with Crippen molar-refractivity contribution in [2.24, 2.45) is 5.92 Å². The monoisotopic (exact) mass is 432 g/mol. The van der Waals surface area contributed by atoms with E-state index in [2.05, 4.69) is 19.2 Å². The lowest BCUT2D eigenvalue weighted by Gasteiger charge is -2.35. The Morgan fingerprint density at radius 1 is 1.29 bits per heavy atom. The van der Waals surface area contributed by atoms with Crippen molar-refractivity contribution in [1.29, 1.82) is 0 Å². The van der Waals surface area contributed by atoms with Crippen molar-refractivity contribution < 1.29 is 28.6 Å². The summed E-state index contributed by atoms with van der Waals surface area (Å²) < 4.78 is 16.6. The molecule has 1 aromatic carbocycles. The number of hydrogen-bond donors (Lipinski definition) is 1. The van der Waals surface area contributed by atoms with E-state index in [1.54, 1.807) is 18.2 Å². The van der Waals surface area contributed by atoms with Gasteiger partial charge in [-0.1, -0.05) is 26.0 Å². The maximum absolute atomic E-state index is 13.3. The quantitative estimate of drug-likeness (QED) is 0.601. The van der Waals surface area contributed by atoms with Gasteiger partial charge in [0.15, 0.2) is 0 Å². The molecule has 2 unspecified atom stereocenters. The van der Waals surface area contributed by atoms with Crippen molar-refractivity contribution in [2.45, 2.75) is 51.7 Å². The van der Waals surface area contributed by atoms with Crippen LogP contribution in [0.1, 0.15) is 49.9 Å². The van der Waals surface area contributed by atoms with Gasteiger partial charge >= 0.3 is 5.97 Å². The number of carbonyl (C=O) groups is 3. The number of piperazine rings is 1. The third-order valence-electron chi connectivity index (χ3n) is 5.48. The Hall–Kier alpha value is -2.61. The lowest BCUT2D eigenvalue weighted by Crippen LogP contribution is -2.58. The minimum Gasteiger partial charge on any atom is -0.493 e. The number of esters is 1. The highest BCUT2D eigenvalue weighted by atomic mass is 16.6. The van der Waals surface area contributed by atoms with Gasteiger partial charge in [-0.15, -0.1) is 0 Å². The molecule has 1 aromatic rings. The second-order valence-electron chi connectivity index (χ2n) is 8.35. The molecule has 2 atom stereocenters. The summed E-state index contributed by atoms with van der Waals surface area (Å²) in [6, 6.07) is 6.10. The Labute approximate surface area is 183 Å². The van der Waals surface area contributed by atoms with E-state index in [0.29, 0.717) is 43.5 Å². The molecule has 2 fully saturated rings. The summed E-state index contributed by atoms with van der Waals surface area (Å²) in [5.41, 5.74) is 0.388. The zero-order valence-electron chi connectivity index (χ0n) is 18.3. The third kappa shape index (κ3) is 6.43. The van der Waals surface area contributed by atoms with Gasteiger partial charge in [0.2, 0.25) is 5.91 Å². The summed E-state index contributed by atoms with van der Waals surface area (Å²) in [7, 11) is 0. The molecule has 0 spiro atoms. The standard InChI is InChI=1S/C23H32N2O6/c1-16(2)9-13-30-20-8-4-3-7-18(20)23(28)25-11-10-24-22(27)19(25)14-21(26)31-15-17-6-5-12-29-17/h3-4,7-8,16-17,19H,5-6,9-15H2,1-2H3,(H,24,27). The third-order valence-corrected chi connectivity index (χ3v) is 5.48. The molecule has 1 N–H and O–H groups in total. The number of ether oxygens (including phenoxy) is 3. The van der Waals surface area contributed by atoms with Gasteiger partial charge in [0.1, 0.15) is 18.4 Å². The van der Waals surface area contributed by atoms with Gasteiger partial charge in [0, 0.05) is 19.7 Å². The summed E-state index contributed by atoms with van der Waals surface area (Å²) >= 11 is 0. The predicted molar refractivity (Wildman–Crippen MR) is 114 cm³/mol. The van der Waals surface area contributed by atoms with Crippen LogP contribution in [0.2, 0.25) is 0 Å². The summed E-state index contributed by atoms with van der Waals surface area (Å²) in [6.07, 6.45) is 2.40. The topological polar surface area (TPSA) is 94.2 Å². The number of amides is 2. The number of nitrogens with zero attached hydrogens (tertiary/aromatic N) is 1. The van der Waals surface area contributed by atoms with Crippen molar-refractivity contribution in [2.75, 3.05) is 32.9 Å². The van der Waals surface area contributed by atoms with Crippen LogP contribution < -0.4 is 10.1 Å². The Morgan fingerprint density at radius 3 is 2.84 bits per heavy atom. The van der Waals surface area contributed by atoms with Gasteiger partial charge < -0.3 is 24.4 Å². The molecular weight excluding hydrogens is 400 g/mol. The second-order valence-corrected chi connectivity index (χ2v) is 8.35. The normalized spacial score (nSPS) is 21.1. The lowest BCUT2D eigenvalue weighted by atomic mass is 10.1. The fraction of sp³-hybridized carbons (Fsp3) is 0.609. The van der Waals surface area contributed by atoms with Crippen LogP contribution in [0.4, 0.5) is 0 Å². The van der Waals surface area contributed by atoms with E-state index in [9.17, 15) is 14.4 Å². The molecule has 2 aliphatic heterocycles. The van der Waals surface area contributed by atoms with E-state index < -0.39 is 12.0 Å². The molecule has 170 valence electrons. The van der Waals surface area contributed by atoms with Crippen molar-refractivity contribution in [3.63, 3.8) is 0 Å². The van der Waals surface area contributed by atoms with Crippen molar-refractivity contribution in [1.82, 2.24) is 10.2 Å². The molecule has 3 rings (SSSR count). The summed E-state index contributed by atoms with van der Waals surface area (Å²) in [4.78, 5) is 39.6. The Bertz CT molecular complexity index is 775. The first-order valence-electron chi connectivity index (χ1n) is 11.0. The number of benzene rings is 1. The van der Waals surface area contributed by atoms with Crippen molar-refractivity contribution in [3.8, 4) is 5.75 Å². The number of carbonyl (C=O) groups excluding carboxylic acids is 3. The first-order chi connectivity index (χ1) is 15.0. The van der Waals surface area contributed by atoms with Crippen molar-refractivity contribution in [3.05, 3.63) is 29.8 Å². The van der Waals surface area contributed by atoms with Gasteiger partial charge in [-0.3, -0.25) is 14.4 Å². The Balaban J connectivity index is 1.66. The molecule has 2 amide bonds. The zero-order valence-corrected chi connectivity index (χ0v) is 18.3. The highest BCUT2D eigenvalue weighted by Gasteiger charge is 2.36. The number of para-hydroxylation sites is 1. The number of nitrogens with one attached hydrogen (secondary N) is 1. The van der Waals surface area contributed by atoms with E-state index in [4.69, 9.17) is 14.2 Å². The van der Waals surface area contributed by atoms with Gasteiger partial charge in [-0.2, -0.15) is 0 Å². The van der Waals surface area contributed by atoms with E-state index in [1.165, 1.54) is 4.90 Å². The van der Waals surface area contributed by atoms with Gasteiger partial charge in [0.05, 0.1) is 24.7 Å². The summed E-state index contributed by atoms with van der Waals surface area (Å²) in [5, 5.41) is 2.74. The van der Waals surface area contributed by atoms with E-state index >= 15 is 0 Å². The maximum Gasteiger partial charge on any atom is 0.308 e. The van der Waals surface area contributed by atoms with E-state index in [-0.39, 0.29) is 30.9 Å². The van der Waals surface area contributed by atoms with E-state index in [1.807, 2.05) is 6.07 Å². The van der Waals surface area contributed by atoms with E-state index in [0.717, 1.165) is 19.3 Å². The predicted octanol–water partition coefficient (Wildman–Crippen LogP) is 2.16. The SMILES string of the molecule is CC(C)CCOc1ccccc1C(=O)N1CCNC(=O)C1CC(=O)OCC1CCCO1. The van der Waals surface area contributed by atoms with Crippen LogP contribution in [-0.2, 0) is 19.1 Å². The molecular formula is C23H32N2O6. The fourth-order valence-electron chi connectivity index (χ4n) is 3.67. The smallest absolute Gasteiger partial charge is 0.308 e. The van der Waals surface area contributed by atoms with Gasteiger partial charge in [-0.05, 0) is 37.3 Å². The maximum atomic E-state index is 13.3.